The normalized spacial score (nSPS) is 15.6. The molecular formula is C16H19F4O4. The first-order chi connectivity index (χ1) is 11.3. The number of aliphatic hydroxyl groups excluding tert-OH is 1. The Bertz CT molecular complexity index is 493. The number of alkyl halides is 4. The van der Waals surface area contributed by atoms with Gasteiger partial charge in [-0.05, 0) is 25.5 Å². The van der Waals surface area contributed by atoms with E-state index in [9.17, 15) is 27.5 Å². The van der Waals surface area contributed by atoms with Gasteiger partial charge in [0.15, 0.2) is 0 Å². The Balaban J connectivity index is 2.69. The number of esters is 1. The van der Waals surface area contributed by atoms with Crippen LogP contribution in [0, 0.1) is 6.07 Å². The second-order valence-corrected chi connectivity index (χ2v) is 5.03. The van der Waals surface area contributed by atoms with Crippen LogP contribution < -0.4 is 0 Å². The summed E-state index contributed by atoms with van der Waals surface area (Å²) in [6.07, 6.45) is -12.8. The lowest BCUT2D eigenvalue weighted by molar-refractivity contribution is -0.223. The number of hydrogen-bond acceptors (Lipinski definition) is 4. The number of rotatable bonds is 9. The molecule has 3 unspecified atom stereocenters. The Kier molecular flexibility index (Phi) is 8.14. The number of hydrogen-bond donors (Lipinski definition) is 1. The highest BCUT2D eigenvalue weighted by atomic mass is 19.4. The Morgan fingerprint density at radius 3 is 2.62 bits per heavy atom. The van der Waals surface area contributed by atoms with Crippen molar-refractivity contribution in [1.29, 1.82) is 0 Å². The van der Waals surface area contributed by atoms with Gasteiger partial charge in [-0.1, -0.05) is 18.2 Å². The topological polar surface area (TPSA) is 55.8 Å². The Labute approximate surface area is 137 Å². The third kappa shape index (κ3) is 6.84. The van der Waals surface area contributed by atoms with E-state index in [1.54, 1.807) is 6.92 Å². The summed E-state index contributed by atoms with van der Waals surface area (Å²) in [5.41, 5.74) is -0.240. The molecule has 0 saturated carbocycles. The predicted molar refractivity (Wildman–Crippen MR) is 77.2 cm³/mol. The van der Waals surface area contributed by atoms with Crippen molar-refractivity contribution in [1.82, 2.24) is 0 Å². The second kappa shape index (κ2) is 9.58. The summed E-state index contributed by atoms with van der Waals surface area (Å²) in [6, 6.07) is 7.88. The minimum atomic E-state index is -5.09. The van der Waals surface area contributed by atoms with Crippen LogP contribution in [0.15, 0.2) is 24.3 Å². The van der Waals surface area contributed by atoms with E-state index in [0.717, 1.165) is 0 Å². The van der Waals surface area contributed by atoms with Gasteiger partial charge in [-0.15, -0.1) is 0 Å². The van der Waals surface area contributed by atoms with Gasteiger partial charge in [-0.3, -0.25) is 0 Å². The lowest BCUT2D eigenvalue weighted by Crippen LogP contribution is -2.43. The van der Waals surface area contributed by atoms with Gasteiger partial charge in [0.2, 0.25) is 6.10 Å². The molecule has 0 saturated heterocycles. The molecule has 8 heteroatoms. The molecule has 0 aliphatic heterocycles. The molecule has 0 fully saturated rings. The highest BCUT2D eigenvalue weighted by molar-refractivity contribution is 5.89. The molecule has 1 aromatic carbocycles. The monoisotopic (exact) mass is 351 g/mol. The number of benzene rings is 1. The van der Waals surface area contributed by atoms with Crippen LogP contribution in [-0.4, -0.2) is 48.8 Å². The first-order valence-corrected chi connectivity index (χ1v) is 7.40. The van der Waals surface area contributed by atoms with E-state index in [4.69, 9.17) is 4.74 Å². The van der Waals surface area contributed by atoms with Crippen molar-refractivity contribution >= 4 is 5.97 Å². The van der Waals surface area contributed by atoms with Crippen molar-refractivity contribution in [2.24, 2.45) is 0 Å². The molecule has 0 aliphatic rings. The van der Waals surface area contributed by atoms with Crippen molar-refractivity contribution in [3.05, 3.63) is 35.9 Å². The molecule has 0 aromatic heterocycles. The smallest absolute Gasteiger partial charge is 0.428 e. The van der Waals surface area contributed by atoms with Crippen molar-refractivity contribution in [3.63, 3.8) is 0 Å². The number of aliphatic hydroxyl groups is 1. The van der Waals surface area contributed by atoms with E-state index in [2.05, 4.69) is 10.8 Å². The second-order valence-electron chi connectivity index (χ2n) is 5.03. The maximum atomic E-state index is 14.0. The van der Waals surface area contributed by atoms with E-state index in [1.165, 1.54) is 24.3 Å². The molecular weight excluding hydrogens is 332 g/mol. The lowest BCUT2D eigenvalue weighted by atomic mass is 10.1. The minimum Gasteiger partial charge on any atom is -0.446 e. The molecule has 24 heavy (non-hydrogen) atoms. The standard InChI is InChI=1S/C16H19F4O4/c1-2-23-9-8-12(21)10-13(17)14(16(18,19)20)24-15(22)11-6-4-3-5-7-11/h3-6,12-14,21H,2,8-10H2,1H3. The molecule has 1 N–H and O–H groups in total. The third-order valence-electron chi connectivity index (χ3n) is 3.11. The van der Waals surface area contributed by atoms with Crippen LogP contribution in [0.4, 0.5) is 17.6 Å². The molecule has 1 aromatic rings. The number of ether oxygens (including phenoxy) is 2. The van der Waals surface area contributed by atoms with Crippen LogP contribution in [-0.2, 0) is 9.47 Å². The largest absolute Gasteiger partial charge is 0.446 e. The van der Waals surface area contributed by atoms with Gasteiger partial charge in [0.05, 0.1) is 11.7 Å². The maximum absolute atomic E-state index is 14.0. The number of carbonyl (C=O) groups is 1. The summed E-state index contributed by atoms with van der Waals surface area (Å²) in [5.74, 6) is -1.33. The van der Waals surface area contributed by atoms with E-state index in [0.29, 0.717) is 6.61 Å². The molecule has 1 radical (unpaired) electrons. The van der Waals surface area contributed by atoms with Crippen molar-refractivity contribution < 1.29 is 36.9 Å². The maximum Gasteiger partial charge on any atom is 0.428 e. The first-order valence-electron chi connectivity index (χ1n) is 7.40. The van der Waals surface area contributed by atoms with Crippen molar-refractivity contribution in [2.45, 2.75) is 44.3 Å². The molecule has 0 heterocycles. The number of halogens is 4. The summed E-state index contributed by atoms with van der Waals surface area (Å²) < 4.78 is 62.1. The summed E-state index contributed by atoms with van der Waals surface area (Å²) >= 11 is 0. The van der Waals surface area contributed by atoms with Crippen LogP contribution in [0.3, 0.4) is 0 Å². The van der Waals surface area contributed by atoms with Crippen LogP contribution in [0.5, 0.6) is 0 Å². The van der Waals surface area contributed by atoms with E-state index >= 15 is 0 Å². The summed E-state index contributed by atoms with van der Waals surface area (Å²) in [7, 11) is 0. The van der Waals surface area contributed by atoms with E-state index < -0.39 is 36.9 Å². The third-order valence-corrected chi connectivity index (χ3v) is 3.11. The highest BCUT2D eigenvalue weighted by Gasteiger charge is 2.49. The van der Waals surface area contributed by atoms with Gasteiger partial charge in [0.25, 0.3) is 0 Å². The van der Waals surface area contributed by atoms with E-state index in [1.807, 2.05) is 0 Å². The SMILES string of the molecule is CCOCCC(O)CC(F)C(OC(=O)c1[c]cccc1)C(F)(F)F. The summed E-state index contributed by atoms with van der Waals surface area (Å²) in [6.45, 7) is 2.19. The van der Waals surface area contributed by atoms with Gasteiger partial charge in [0.1, 0.15) is 6.17 Å². The molecule has 0 aliphatic carbocycles. The van der Waals surface area contributed by atoms with E-state index in [-0.39, 0.29) is 18.6 Å². The van der Waals surface area contributed by atoms with Crippen LogP contribution >= 0.6 is 0 Å². The van der Waals surface area contributed by atoms with Gasteiger partial charge >= 0.3 is 12.1 Å². The average Bonchev–Trinajstić information content (AvgIpc) is 2.52. The fourth-order valence-corrected chi connectivity index (χ4v) is 1.91. The van der Waals surface area contributed by atoms with Crippen LogP contribution in [0.25, 0.3) is 0 Å². The zero-order chi connectivity index (χ0) is 18.2. The molecule has 0 bridgehead atoms. The fourth-order valence-electron chi connectivity index (χ4n) is 1.91. The summed E-state index contributed by atoms with van der Waals surface area (Å²) in [5, 5.41) is 9.58. The molecule has 3 atom stereocenters. The zero-order valence-corrected chi connectivity index (χ0v) is 13.1. The highest BCUT2D eigenvalue weighted by Crippen LogP contribution is 2.30. The Hall–Kier alpha value is -1.67. The Morgan fingerprint density at radius 1 is 1.38 bits per heavy atom. The molecule has 0 spiro atoms. The molecule has 0 amide bonds. The van der Waals surface area contributed by atoms with Crippen LogP contribution in [0.2, 0.25) is 0 Å². The molecule has 135 valence electrons. The average molecular weight is 351 g/mol. The van der Waals surface area contributed by atoms with Crippen molar-refractivity contribution in [3.8, 4) is 0 Å². The number of carbonyl (C=O) groups excluding carboxylic acids is 1. The lowest BCUT2D eigenvalue weighted by Gasteiger charge is -2.25. The minimum absolute atomic E-state index is 0.0146. The Morgan fingerprint density at radius 2 is 2.08 bits per heavy atom. The van der Waals surface area contributed by atoms with Crippen molar-refractivity contribution in [2.75, 3.05) is 13.2 Å². The molecule has 1 rings (SSSR count). The van der Waals surface area contributed by atoms with Crippen LogP contribution in [0.1, 0.15) is 30.1 Å². The quantitative estimate of drug-likeness (QED) is 0.422. The summed E-state index contributed by atoms with van der Waals surface area (Å²) in [4.78, 5) is 11.7. The zero-order valence-electron chi connectivity index (χ0n) is 13.1. The van der Waals surface area contributed by atoms with Gasteiger partial charge in [-0.2, -0.15) is 13.2 Å². The van der Waals surface area contributed by atoms with Gasteiger partial charge < -0.3 is 14.6 Å². The van der Waals surface area contributed by atoms with Gasteiger partial charge in [-0.25, -0.2) is 9.18 Å². The first kappa shape index (κ1) is 20.4. The predicted octanol–water partition coefficient (Wildman–Crippen LogP) is 3.09. The van der Waals surface area contributed by atoms with Gasteiger partial charge in [0, 0.05) is 19.6 Å². The fraction of sp³-hybridized carbons (Fsp3) is 0.562. The molecule has 4 nitrogen and oxygen atoms in total.